The van der Waals surface area contributed by atoms with Crippen LogP contribution in [0.15, 0.2) is 47.4 Å². The Balaban J connectivity index is 2.26. The standard InChI is InChI=1S/C21H26N2O5S/c1-14(2)23-29(25,26)20-13-16(7-10-19(20)28-5)8-11-21(24)22-17-12-15(3)6-9-18(17)27-4/h6-14,23H,1-5H3,(H,22,24)/b11-8+. The molecule has 1 amide bonds. The van der Waals surface area contributed by atoms with E-state index in [2.05, 4.69) is 10.0 Å². The zero-order valence-corrected chi connectivity index (χ0v) is 18.0. The second-order valence-electron chi connectivity index (χ2n) is 6.71. The fourth-order valence-corrected chi connectivity index (χ4v) is 4.10. The third-order valence-electron chi connectivity index (χ3n) is 3.91. The van der Waals surface area contributed by atoms with Crippen LogP contribution in [0.4, 0.5) is 5.69 Å². The van der Waals surface area contributed by atoms with Crippen molar-refractivity contribution in [1.29, 1.82) is 0 Å². The summed E-state index contributed by atoms with van der Waals surface area (Å²) in [5, 5.41) is 2.76. The third kappa shape index (κ3) is 6.07. The van der Waals surface area contributed by atoms with Crippen LogP contribution in [-0.2, 0) is 14.8 Å². The van der Waals surface area contributed by atoms with Crippen LogP contribution < -0.4 is 19.5 Å². The van der Waals surface area contributed by atoms with Crippen LogP contribution in [0.5, 0.6) is 11.5 Å². The number of nitrogens with one attached hydrogen (secondary N) is 2. The molecule has 0 atom stereocenters. The van der Waals surface area contributed by atoms with Gasteiger partial charge in [-0.1, -0.05) is 12.1 Å². The molecule has 0 fully saturated rings. The zero-order valence-electron chi connectivity index (χ0n) is 17.1. The van der Waals surface area contributed by atoms with Gasteiger partial charge in [0.25, 0.3) is 0 Å². The second kappa shape index (κ2) is 9.58. The highest BCUT2D eigenvalue weighted by Gasteiger charge is 2.20. The highest BCUT2D eigenvalue weighted by molar-refractivity contribution is 7.89. The Morgan fingerprint density at radius 3 is 2.31 bits per heavy atom. The number of ether oxygens (including phenoxy) is 2. The van der Waals surface area contributed by atoms with E-state index in [1.165, 1.54) is 32.4 Å². The summed E-state index contributed by atoms with van der Waals surface area (Å²) in [6, 6.07) is 9.88. The average Bonchev–Trinajstić information content (AvgIpc) is 2.65. The first-order valence-corrected chi connectivity index (χ1v) is 10.5. The largest absolute Gasteiger partial charge is 0.495 e. The number of anilines is 1. The van der Waals surface area contributed by atoms with E-state index >= 15 is 0 Å². The summed E-state index contributed by atoms with van der Waals surface area (Å²) in [7, 11) is -0.819. The Hall–Kier alpha value is -2.84. The van der Waals surface area contributed by atoms with Crippen LogP contribution in [0.1, 0.15) is 25.0 Å². The van der Waals surface area contributed by atoms with Crippen molar-refractivity contribution in [2.45, 2.75) is 31.7 Å². The van der Waals surface area contributed by atoms with Crippen molar-refractivity contribution in [1.82, 2.24) is 4.72 Å². The second-order valence-corrected chi connectivity index (χ2v) is 8.40. The number of aryl methyl sites for hydroxylation is 1. The van der Waals surface area contributed by atoms with Crippen LogP contribution in [-0.4, -0.2) is 34.6 Å². The van der Waals surface area contributed by atoms with Crippen LogP contribution in [0, 0.1) is 6.92 Å². The van der Waals surface area contributed by atoms with E-state index in [0.29, 0.717) is 17.0 Å². The molecule has 7 nitrogen and oxygen atoms in total. The maximum atomic E-state index is 12.5. The van der Waals surface area contributed by atoms with Gasteiger partial charge in [-0.3, -0.25) is 4.79 Å². The van der Waals surface area contributed by atoms with Crippen LogP contribution in [0.3, 0.4) is 0 Å². The molecule has 156 valence electrons. The maximum absolute atomic E-state index is 12.5. The summed E-state index contributed by atoms with van der Waals surface area (Å²) < 4.78 is 38.0. The zero-order chi connectivity index (χ0) is 21.6. The quantitative estimate of drug-likeness (QED) is 0.641. The van der Waals surface area contributed by atoms with E-state index in [9.17, 15) is 13.2 Å². The minimum Gasteiger partial charge on any atom is -0.495 e. The maximum Gasteiger partial charge on any atom is 0.248 e. The Kier molecular flexibility index (Phi) is 7.41. The lowest BCUT2D eigenvalue weighted by molar-refractivity contribution is -0.111. The highest BCUT2D eigenvalue weighted by atomic mass is 32.2. The van der Waals surface area contributed by atoms with Gasteiger partial charge in [0.15, 0.2) is 0 Å². The minimum atomic E-state index is -3.75. The van der Waals surface area contributed by atoms with E-state index in [0.717, 1.165) is 5.56 Å². The summed E-state index contributed by atoms with van der Waals surface area (Å²) >= 11 is 0. The molecule has 2 aromatic carbocycles. The number of hydrogen-bond acceptors (Lipinski definition) is 5. The van der Waals surface area contributed by atoms with Gasteiger partial charge in [0.2, 0.25) is 15.9 Å². The molecule has 2 rings (SSSR count). The Labute approximate surface area is 171 Å². The van der Waals surface area contributed by atoms with Crippen LogP contribution in [0.25, 0.3) is 6.08 Å². The monoisotopic (exact) mass is 418 g/mol. The molecule has 0 unspecified atom stereocenters. The van der Waals surface area contributed by atoms with Crippen LogP contribution in [0.2, 0.25) is 0 Å². The van der Waals surface area contributed by atoms with Gasteiger partial charge in [0, 0.05) is 12.1 Å². The molecule has 0 aliphatic carbocycles. The van der Waals surface area contributed by atoms with Crippen molar-refractivity contribution < 1.29 is 22.7 Å². The average molecular weight is 419 g/mol. The summed E-state index contributed by atoms with van der Waals surface area (Å²) in [4.78, 5) is 12.3. The lowest BCUT2D eigenvalue weighted by Gasteiger charge is -2.13. The highest BCUT2D eigenvalue weighted by Crippen LogP contribution is 2.27. The normalized spacial score (nSPS) is 11.7. The van der Waals surface area contributed by atoms with Gasteiger partial charge in [0.05, 0.1) is 19.9 Å². The minimum absolute atomic E-state index is 0.0108. The Morgan fingerprint density at radius 1 is 1.03 bits per heavy atom. The third-order valence-corrected chi connectivity index (χ3v) is 5.59. The molecule has 0 aliphatic rings. The van der Waals surface area contributed by atoms with Crippen molar-refractivity contribution >= 4 is 27.7 Å². The predicted octanol–water partition coefficient (Wildman–Crippen LogP) is 3.35. The molecule has 2 N–H and O–H groups in total. The van der Waals surface area contributed by atoms with E-state index in [1.807, 2.05) is 13.0 Å². The van der Waals surface area contributed by atoms with Crippen molar-refractivity contribution in [2.75, 3.05) is 19.5 Å². The van der Waals surface area contributed by atoms with E-state index in [-0.39, 0.29) is 22.6 Å². The van der Waals surface area contributed by atoms with Crippen molar-refractivity contribution in [3.8, 4) is 11.5 Å². The molecule has 0 aliphatic heterocycles. The molecule has 2 aromatic rings. The van der Waals surface area contributed by atoms with Gasteiger partial charge in [-0.2, -0.15) is 0 Å². The first-order valence-electron chi connectivity index (χ1n) is 9.00. The van der Waals surface area contributed by atoms with Crippen molar-refractivity contribution in [3.63, 3.8) is 0 Å². The van der Waals surface area contributed by atoms with Gasteiger partial charge in [-0.15, -0.1) is 0 Å². The Morgan fingerprint density at radius 2 is 1.69 bits per heavy atom. The number of rotatable bonds is 8. The topological polar surface area (TPSA) is 93.7 Å². The lowest BCUT2D eigenvalue weighted by atomic mass is 10.2. The molecule has 0 saturated carbocycles. The van der Waals surface area contributed by atoms with E-state index < -0.39 is 10.0 Å². The molecule has 8 heteroatoms. The SMILES string of the molecule is COc1ccc(C)cc1NC(=O)/C=C/c1ccc(OC)c(S(=O)(=O)NC(C)C)c1. The summed E-state index contributed by atoms with van der Waals surface area (Å²) in [5.41, 5.74) is 2.08. The first kappa shape index (κ1) is 22.4. The molecule has 0 radical (unpaired) electrons. The fourth-order valence-electron chi connectivity index (χ4n) is 2.65. The number of methoxy groups -OCH3 is 2. The first-order chi connectivity index (χ1) is 13.7. The number of benzene rings is 2. The lowest BCUT2D eigenvalue weighted by Crippen LogP contribution is -2.30. The predicted molar refractivity (Wildman–Crippen MR) is 114 cm³/mol. The molecular weight excluding hydrogens is 392 g/mol. The molecule has 0 saturated heterocycles. The summed E-state index contributed by atoms with van der Waals surface area (Å²) in [6.45, 7) is 5.38. The van der Waals surface area contributed by atoms with E-state index in [4.69, 9.17) is 9.47 Å². The number of amides is 1. The number of sulfonamides is 1. The number of carbonyl (C=O) groups excluding carboxylic acids is 1. The van der Waals surface area contributed by atoms with Crippen LogP contribution >= 0.6 is 0 Å². The number of hydrogen-bond donors (Lipinski definition) is 2. The smallest absolute Gasteiger partial charge is 0.248 e. The van der Waals surface area contributed by atoms with Gasteiger partial charge < -0.3 is 14.8 Å². The van der Waals surface area contributed by atoms with Crippen molar-refractivity contribution in [3.05, 3.63) is 53.6 Å². The molecule has 0 spiro atoms. The Bertz CT molecular complexity index is 1010. The summed E-state index contributed by atoms with van der Waals surface area (Å²) in [5.74, 6) is 0.411. The van der Waals surface area contributed by atoms with Gasteiger partial charge in [-0.05, 0) is 62.2 Å². The molecule has 29 heavy (non-hydrogen) atoms. The molecule has 0 aromatic heterocycles. The fraction of sp³-hybridized carbons (Fsp3) is 0.286. The van der Waals surface area contributed by atoms with Gasteiger partial charge in [-0.25, -0.2) is 13.1 Å². The summed E-state index contributed by atoms with van der Waals surface area (Å²) in [6.07, 6.45) is 2.86. The van der Waals surface area contributed by atoms with Gasteiger partial charge in [0.1, 0.15) is 16.4 Å². The molecular formula is C21H26N2O5S. The number of carbonyl (C=O) groups is 1. The molecule has 0 heterocycles. The van der Waals surface area contributed by atoms with Gasteiger partial charge >= 0.3 is 0 Å². The van der Waals surface area contributed by atoms with Crippen molar-refractivity contribution in [2.24, 2.45) is 0 Å². The van der Waals surface area contributed by atoms with E-state index in [1.54, 1.807) is 38.1 Å². The molecule has 0 bridgehead atoms.